The molecule has 2 aromatic rings. The van der Waals surface area contributed by atoms with Crippen molar-refractivity contribution in [3.8, 4) is 0 Å². The summed E-state index contributed by atoms with van der Waals surface area (Å²) >= 11 is 0. The molecule has 0 bridgehead atoms. The molecule has 0 spiro atoms. The summed E-state index contributed by atoms with van der Waals surface area (Å²) in [7, 11) is 0. The minimum Gasteiger partial charge on any atom is -0.352 e. The maximum Gasteiger partial charge on any atom is 0.151 e. The van der Waals surface area contributed by atoms with Crippen molar-refractivity contribution in [2.45, 2.75) is 25.7 Å². The number of piperazine rings is 1. The van der Waals surface area contributed by atoms with E-state index in [0.29, 0.717) is 5.92 Å². The second kappa shape index (κ2) is 5.51. The third kappa shape index (κ3) is 2.73. The lowest BCUT2D eigenvalue weighted by molar-refractivity contribution is 0.633. The third-order valence-corrected chi connectivity index (χ3v) is 4.38. The zero-order valence-electron chi connectivity index (χ0n) is 12.8. The summed E-state index contributed by atoms with van der Waals surface area (Å²) in [5.74, 6) is 2.61. The quantitative estimate of drug-likeness (QED) is 0.860. The summed E-state index contributed by atoms with van der Waals surface area (Å²) in [4.78, 5) is 4.57. The Hall–Kier alpha value is -2.24. The van der Waals surface area contributed by atoms with E-state index in [1.165, 1.54) is 12.8 Å². The van der Waals surface area contributed by atoms with E-state index in [0.717, 1.165) is 49.2 Å². The van der Waals surface area contributed by atoms with Crippen LogP contribution in [0.25, 0.3) is 0 Å². The molecule has 114 valence electrons. The van der Waals surface area contributed by atoms with Crippen LogP contribution in [0.4, 0.5) is 11.6 Å². The van der Waals surface area contributed by atoms with Crippen molar-refractivity contribution in [2.24, 2.45) is 0 Å². The Morgan fingerprint density at radius 2 is 1.36 bits per heavy atom. The molecule has 0 atom stereocenters. The summed E-state index contributed by atoms with van der Waals surface area (Å²) in [5, 5.41) is 17.2. The predicted molar refractivity (Wildman–Crippen MR) is 85.2 cm³/mol. The molecule has 0 amide bonds. The van der Waals surface area contributed by atoms with Gasteiger partial charge in [-0.3, -0.25) is 0 Å². The van der Waals surface area contributed by atoms with Gasteiger partial charge in [-0.1, -0.05) is 0 Å². The minimum absolute atomic E-state index is 0.665. The van der Waals surface area contributed by atoms with E-state index in [1.54, 1.807) is 0 Å². The Bertz CT molecular complexity index is 627. The second-order valence-electron chi connectivity index (χ2n) is 6.10. The van der Waals surface area contributed by atoms with Crippen molar-refractivity contribution >= 4 is 11.6 Å². The van der Waals surface area contributed by atoms with Gasteiger partial charge >= 0.3 is 0 Å². The van der Waals surface area contributed by atoms with Gasteiger partial charge in [0, 0.05) is 32.1 Å². The Labute approximate surface area is 130 Å². The highest BCUT2D eigenvalue weighted by Crippen LogP contribution is 2.38. The molecule has 0 aromatic carbocycles. The highest BCUT2D eigenvalue weighted by Gasteiger charge is 2.26. The molecule has 6 heteroatoms. The molecular weight excluding hydrogens is 276 g/mol. The Kier molecular flexibility index (Phi) is 3.36. The fourth-order valence-corrected chi connectivity index (χ4v) is 2.83. The maximum atomic E-state index is 4.40. The highest BCUT2D eigenvalue weighted by atomic mass is 15.3. The first-order valence-electron chi connectivity index (χ1n) is 7.93. The molecule has 1 saturated carbocycles. The van der Waals surface area contributed by atoms with Gasteiger partial charge in [0.15, 0.2) is 11.6 Å². The SMILES string of the molecule is Cc1ccc(N2CCN(c3ccc(C4CC4)nn3)CC2)nn1. The van der Waals surface area contributed by atoms with Crippen molar-refractivity contribution in [1.82, 2.24) is 20.4 Å². The van der Waals surface area contributed by atoms with Crippen LogP contribution in [-0.2, 0) is 0 Å². The maximum absolute atomic E-state index is 4.40. The van der Waals surface area contributed by atoms with Gasteiger partial charge in [-0.2, -0.15) is 10.2 Å². The average molecular weight is 296 g/mol. The fourth-order valence-electron chi connectivity index (χ4n) is 2.83. The van der Waals surface area contributed by atoms with E-state index in [4.69, 9.17) is 0 Å². The van der Waals surface area contributed by atoms with Gasteiger partial charge in [0.2, 0.25) is 0 Å². The second-order valence-corrected chi connectivity index (χ2v) is 6.10. The molecule has 3 heterocycles. The topological polar surface area (TPSA) is 58.0 Å². The van der Waals surface area contributed by atoms with Gasteiger partial charge in [-0.15, -0.1) is 10.2 Å². The Morgan fingerprint density at radius 3 is 1.82 bits per heavy atom. The normalized spacial score (nSPS) is 18.6. The third-order valence-electron chi connectivity index (χ3n) is 4.38. The van der Waals surface area contributed by atoms with Crippen LogP contribution < -0.4 is 9.80 Å². The molecule has 1 saturated heterocycles. The number of nitrogens with zero attached hydrogens (tertiary/aromatic N) is 6. The number of aromatic nitrogens is 4. The zero-order chi connectivity index (χ0) is 14.9. The van der Waals surface area contributed by atoms with Crippen molar-refractivity contribution in [3.05, 3.63) is 35.7 Å². The van der Waals surface area contributed by atoms with E-state index < -0.39 is 0 Å². The lowest BCUT2D eigenvalue weighted by Crippen LogP contribution is -2.47. The monoisotopic (exact) mass is 296 g/mol. The number of hydrogen-bond donors (Lipinski definition) is 0. The van der Waals surface area contributed by atoms with Gasteiger partial charge in [0.1, 0.15) is 0 Å². The zero-order valence-corrected chi connectivity index (χ0v) is 12.8. The van der Waals surface area contributed by atoms with Crippen LogP contribution in [0.15, 0.2) is 24.3 Å². The standard InChI is InChI=1S/C16H20N6/c1-12-2-6-15(19-17-12)21-8-10-22(11-9-21)16-7-5-14(18-20-16)13-3-4-13/h2,5-7,13H,3-4,8-11H2,1H3. The van der Waals surface area contributed by atoms with Crippen LogP contribution in [0, 0.1) is 6.92 Å². The summed E-state index contributed by atoms with van der Waals surface area (Å²) in [6.07, 6.45) is 2.54. The summed E-state index contributed by atoms with van der Waals surface area (Å²) < 4.78 is 0. The molecule has 2 aromatic heterocycles. The number of aryl methyl sites for hydroxylation is 1. The molecule has 2 fully saturated rings. The fraction of sp³-hybridized carbons (Fsp3) is 0.500. The van der Waals surface area contributed by atoms with Crippen molar-refractivity contribution in [2.75, 3.05) is 36.0 Å². The van der Waals surface area contributed by atoms with Gasteiger partial charge in [0.05, 0.1) is 11.4 Å². The minimum atomic E-state index is 0.665. The van der Waals surface area contributed by atoms with E-state index in [2.05, 4.69) is 42.3 Å². The van der Waals surface area contributed by atoms with Gasteiger partial charge in [-0.25, -0.2) is 0 Å². The molecule has 6 nitrogen and oxygen atoms in total. The molecule has 2 aliphatic rings. The predicted octanol–water partition coefficient (Wildman–Crippen LogP) is 1.78. The van der Waals surface area contributed by atoms with E-state index >= 15 is 0 Å². The first-order valence-corrected chi connectivity index (χ1v) is 7.93. The molecule has 1 aliphatic carbocycles. The lowest BCUT2D eigenvalue weighted by Gasteiger charge is -2.35. The van der Waals surface area contributed by atoms with E-state index in [1.807, 2.05) is 19.1 Å². The van der Waals surface area contributed by atoms with E-state index in [-0.39, 0.29) is 0 Å². The smallest absolute Gasteiger partial charge is 0.151 e. The lowest BCUT2D eigenvalue weighted by atomic mass is 10.2. The van der Waals surface area contributed by atoms with Crippen molar-refractivity contribution < 1.29 is 0 Å². The van der Waals surface area contributed by atoms with Crippen LogP contribution in [0.2, 0.25) is 0 Å². The van der Waals surface area contributed by atoms with Crippen LogP contribution in [0.3, 0.4) is 0 Å². The summed E-state index contributed by atoms with van der Waals surface area (Å²) in [6, 6.07) is 8.30. The molecule has 0 radical (unpaired) electrons. The Morgan fingerprint density at radius 1 is 0.773 bits per heavy atom. The molecule has 0 unspecified atom stereocenters. The van der Waals surface area contributed by atoms with Gasteiger partial charge < -0.3 is 9.80 Å². The van der Waals surface area contributed by atoms with Crippen LogP contribution in [0.1, 0.15) is 30.1 Å². The van der Waals surface area contributed by atoms with Crippen LogP contribution in [-0.4, -0.2) is 46.6 Å². The largest absolute Gasteiger partial charge is 0.352 e. The molecular formula is C16H20N6. The van der Waals surface area contributed by atoms with Crippen LogP contribution in [0.5, 0.6) is 0 Å². The van der Waals surface area contributed by atoms with E-state index in [9.17, 15) is 0 Å². The molecule has 4 rings (SSSR count). The van der Waals surface area contributed by atoms with Crippen LogP contribution >= 0.6 is 0 Å². The first-order chi connectivity index (χ1) is 10.8. The molecule has 1 aliphatic heterocycles. The number of hydrogen-bond acceptors (Lipinski definition) is 6. The number of anilines is 2. The highest BCUT2D eigenvalue weighted by molar-refractivity contribution is 5.44. The van der Waals surface area contributed by atoms with Crippen molar-refractivity contribution in [1.29, 1.82) is 0 Å². The average Bonchev–Trinajstić information content (AvgIpc) is 3.41. The molecule has 22 heavy (non-hydrogen) atoms. The Balaban J connectivity index is 1.39. The number of rotatable bonds is 3. The van der Waals surface area contributed by atoms with Crippen molar-refractivity contribution in [3.63, 3.8) is 0 Å². The first kappa shape index (κ1) is 13.4. The molecule has 0 N–H and O–H groups in total. The summed E-state index contributed by atoms with van der Waals surface area (Å²) in [6.45, 7) is 5.70. The van der Waals surface area contributed by atoms with Gasteiger partial charge in [0.25, 0.3) is 0 Å². The summed E-state index contributed by atoms with van der Waals surface area (Å²) in [5.41, 5.74) is 2.10. The van der Waals surface area contributed by atoms with Gasteiger partial charge in [-0.05, 0) is 44.0 Å².